The van der Waals surface area contributed by atoms with Crippen LogP contribution >= 0.6 is 11.8 Å². The van der Waals surface area contributed by atoms with Gasteiger partial charge in [-0.15, -0.1) is 0 Å². The fourth-order valence-electron chi connectivity index (χ4n) is 1.25. The van der Waals surface area contributed by atoms with Gasteiger partial charge in [-0.25, -0.2) is 4.79 Å². The van der Waals surface area contributed by atoms with E-state index in [1.807, 2.05) is 36.0 Å². The number of carboxylic acid groups (broad SMARTS) is 1. The van der Waals surface area contributed by atoms with Gasteiger partial charge in [-0.1, -0.05) is 31.2 Å². The van der Waals surface area contributed by atoms with E-state index in [4.69, 9.17) is 5.11 Å². The van der Waals surface area contributed by atoms with Crippen LogP contribution in [0.15, 0.2) is 24.3 Å². The fourth-order valence-corrected chi connectivity index (χ4v) is 1.96. The normalized spacial score (nSPS) is 9.93. The first-order chi connectivity index (χ1) is 7.24. The minimum Gasteiger partial charge on any atom is -0.465 e. The average molecular weight is 225 g/mol. The van der Waals surface area contributed by atoms with E-state index in [2.05, 4.69) is 12.2 Å². The van der Waals surface area contributed by atoms with E-state index >= 15 is 0 Å². The summed E-state index contributed by atoms with van der Waals surface area (Å²) >= 11 is 1.83. The molecule has 0 unspecified atom stereocenters. The molecule has 1 amide bonds. The molecule has 0 aliphatic rings. The zero-order chi connectivity index (χ0) is 11.1. The van der Waals surface area contributed by atoms with E-state index in [1.165, 1.54) is 5.56 Å². The molecular weight excluding hydrogens is 210 g/mol. The van der Waals surface area contributed by atoms with Crippen LogP contribution in [0.3, 0.4) is 0 Å². The van der Waals surface area contributed by atoms with Gasteiger partial charge in [-0.05, 0) is 16.9 Å². The molecule has 1 rings (SSSR count). The minimum atomic E-state index is -0.979. The standard InChI is InChI=1S/C11H15NO2S/c1-2-15-8-10-6-4-3-5-9(10)7-12-11(13)14/h3-6,12H,2,7-8H2,1H3,(H,13,14). The van der Waals surface area contributed by atoms with Gasteiger partial charge in [-0.2, -0.15) is 11.8 Å². The molecule has 82 valence electrons. The largest absolute Gasteiger partial charge is 0.465 e. The second kappa shape index (κ2) is 6.35. The molecule has 0 saturated heterocycles. The molecule has 1 aromatic carbocycles. The van der Waals surface area contributed by atoms with Crippen LogP contribution in [-0.4, -0.2) is 17.0 Å². The summed E-state index contributed by atoms with van der Waals surface area (Å²) in [5, 5.41) is 10.9. The second-order valence-electron chi connectivity index (χ2n) is 3.06. The van der Waals surface area contributed by atoms with Crippen molar-refractivity contribution in [3.05, 3.63) is 35.4 Å². The van der Waals surface area contributed by atoms with E-state index < -0.39 is 6.09 Å². The molecule has 0 atom stereocenters. The van der Waals surface area contributed by atoms with Gasteiger partial charge < -0.3 is 10.4 Å². The summed E-state index contributed by atoms with van der Waals surface area (Å²) in [6.45, 7) is 2.50. The second-order valence-corrected chi connectivity index (χ2v) is 4.34. The maximum Gasteiger partial charge on any atom is 0.404 e. The van der Waals surface area contributed by atoms with Gasteiger partial charge in [0.25, 0.3) is 0 Å². The number of benzene rings is 1. The third-order valence-electron chi connectivity index (χ3n) is 2.01. The molecular formula is C11H15NO2S. The van der Waals surface area contributed by atoms with Gasteiger partial charge in [0, 0.05) is 12.3 Å². The molecule has 3 nitrogen and oxygen atoms in total. The number of amides is 1. The molecule has 15 heavy (non-hydrogen) atoms. The zero-order valence-corrected chi connectivity index (χ0v) is 9.51. The van der Waals surface area contributed by atoms with Gasteiger partial charge in [-0.3, -0.25) is 0 Å². The monoisotopic (exact) mass is 225 g/mol. The van der Waals surface area contributed by atoms with Crippen LogP contribution in [0.5, 0.6) is 0 Å². The summed E-state index contributed by atoms with van der Waals surface area (Å²) in [7, 11) is 0. The smallest absolute Gasteiger partial charge is 0.404 e. The molecule has 0 aliphatic heterocycles. The van der Waals surface area contributed by atoms with Crippen LogP contribution in [-0.2, 0) is 12.3 Å². The lowest BCUT2D eigenvalue weighted by Gasteiger charge is -2.08. The minimum absolute atomic E-state index is 0.385. The molecule has 2 N–H and O–H groups in total. The SMILES string of the molecule is CCSCc1ccccc1CNC(=O)O. The summed E-state index contributed by atoms with van der Waals surface area (Å²) in [5.74, 6) is 2.01. The molecule has 0 aromatic heterocycles. The Morgan fingerprint density at radius 1 is 1.40 bits per heavy atom. The van der Waals surface area contributed by atoms with Crippen LogP contribution < -0.4 is 5.32 Å². The highest BCUT2D eigenvalue weighted by Crippen LogP contribution is 2.16. The number of nitrogens with one attached hydrogen (secondary N) is 1. The summed E-state index contributed by atoms with van der Waals surface area (Å²) < 4.78 is 0. The van der Waals surface area contributed by atoms with Crippen molar-refractivity contribution in [2.45, 2.75) is 19.2 Å². The topological polar surface area (TPSA) is 49.3 Å². The highest BCUT2D eigenvalue weighted by atomic mass is 32.2. The Bertz CT molecular complexity index is 328. The molecule has 0 fully saturated rings. The molecule has 0 bridgehead atoms. The van der Waals surface area contributed by atoms with Crippen LogP contribution in [0.25, 0.3) is 0 Å². The van der Waals surface area contributed by atoms with Crippen molar-refractivity contribution >= 4 is 17.9 Å². The van der Waals surface area contributed by atoms with Crippen LogP contribution in [0, 0.1) is 0 Å². The lowest BCUT2D eigenvalue weighted by molar-refractivity contribution is 0.194. The number of thioether (sulfide) groups is 1. The van der Waals surface area contributed by atoms with Gasteiger partial charge in [0.2, 0.25) is 0 Å². The molecule has 0 heterocycles. The van der Waals surface area contributed by atoms with Crippen molar-refractivity contribution in [2.24, 2.45) is 0 Å². The Morgan fingerprint density at radius 3 is 2.67 bits per heavy atom. The lowest BCUT2D eigenvalue weighted by atomic mass is 10.1. The van der Waals surface area contributed by atoms with Gasteiger partial charge in [0.15, 0.2) is 0 Å². The number of rotatable bonds is 5. The Morgan fingerprint density at radius 2 is 2.07 bits per heavy atom. The third kappa shape index (κ3) is 4.25. The lowest BCUT2D eigenvalue weighted by Crippen LogP contribution is -2.20. The average Bonchev–Trinajstić information content (AvgIpc) is 2.24. The van der Waals surface area contributed by atoms with Crippen molar-refractivity contribution in [2.75, 3.05) is 5.75 Å². The van der Waals surface area contributed by atoms with Crippen molar-refractivity contribution in [1.29, 1.82) is 0 Å². The fraction of sp³-hybridized carbons (Fsp3) is 0.364. The first-order valence-electron chi connectivity index (χ1n) is 4.85. The number of hydrogen-bond acceptors (Lipinski definition) is 2. The molecule has 4 heteroatoms. The Hall–Kier alpha value is -1.16. The van der Waals surface area contributed by atoms with Gasteiger partial charge >= 0.3 is 6.09 Å². The van der Waals surface area contributed by atoms with Crippen molar-refractivity contribution < 1.29 is 9.90 Å². The van der Waals surface area contributed by atoms with Crippen molar-refractivity contribution in [1.82, 2.24) is 5.32 Å². The van der Waals surface area contributed by atoms with Crippen molar-refractivity contribution in [3.63, 3.8) is 0 Å². The van der Waals surface area contributed by atoms with Crippen molar-refractivity contribution in [3.8, 4) is 0 Å². The van der Waals surface area contributed by atoms with Gasteiger partial charge in [0.05, 0.1) is 0 Å². The number of hydrogen-bond donors (Lipinski definition) is 2. The van der Waals surface area contributed by atoms with E-state index in [-0.39, 0.29) is 0 Å². The Labute approximate surface area is 93.9 Å². The quantitative estimate of drug-likeness (QED) is 0.810. The highest BCUT2D eigenvalue weighted by molar-refractivity contribution is 7.98. The first-order valence-corrected chi connectivity index (χ1v) is 6.00. The summed E-state index contributed by atoms with van der Waals surface area (Å²) in [6, 6.07) is 7.91. The van der Waals surface area contributed by atoms with E-state index in [1.54, 1.807) is 0 Å². The summed E-state index contributed by atoms with van der Waals surface area (Å²) in [6.07, 6.45) is -0.979. The van der Waals surface area contributed by atoms with Crippen LogP contribution in [0.1, 0.15) is 18.1 Å². The van der Waals surface area contributed by atoms with Crippen LogP contribution in [0.2, 0.25) is 0 Å². The number of carbonyl (C=O) groups is 1. The molecule has 0 saturated carbocycles. The predicted octanol–water partition coefficient (Wildman–Crippen LogP) is 2.71. The maximum absolute atomic E-state index is 10.4. The summed E-state index contributed by atoms with van der Waals surface area (Å²) in [4.78, 5) is 10.4. The Kier molecular flexibility index (Phi) is 5.04. The predicted molar refractivity (Wildman–Crippen MR) is 63.1 cm³/mol. The van der Waals surface area contributed by atoms with E-state index in [0.29, 0.717) is 6.54 Å². The summed E-state index contributed by atoms with van der Waals surface area (Å²) in [5.41, 5.74) is 2.26. The third-order valence-corrected chi connectivity index (χ3v) is 2.93. The molecule has 0 aliphatic carbocycles. The van der Waals surface area contributed by atoms with Crippen LogP contribution in [0.4, 0.5) is 4.79 Å². The molecule has 0 radical (unpaired) electrons. The Balaban J connectivity index is 2.63. The van der Waals surface area contributed by atoms with Gasteiger partial charge in [0.1, 0.15) is 0 Å². The highest BCUT2D eigenvalue weighted by Gasteiger charge is 2.02. The molecule has 1 aromatic rings. The van der Waals surface area contributed by atoms with E-state index in [0.717, 1.165) is 17.1 Å². The molecule has 0 spiro atoms. The first kappa shape index (κ1) is 11.9. The zero-order valence-electron chi connectivity index (χ0n) is 8.69. The van der Waals surface area contributed by atoms with E-state index in [9.17, 15) is 4.79 Å². The maximum atomic E-state index is 10.4.